The minimum absolute atomic E-state index is 0.214. The first kappa shape index (κ1) is 29.7. The fraction of sp³-hybridized carbons (Fsp3) is 1.00. The molecule has 0 fully saturated rings. The zero-order valence-electron chi connectivity index (χ0n) is 21.5. The normalized spacial score (nSPS) is 13.5. The minimum Gasteiger partial charge on any atom is -0.106 e. The summed E-state index contributed by atoms with van der Waals surface area (Å²) in [6.45, 7) is 29.7. The first-order valence-corrected chi connectivity index (χ1v) is 18.8. The molecule has 0 saturated heterocycles. The molecule has 0 nitrogen and oxygen atoms in total. The molecule has 0 aromatic carbocycles. The van der Waals surface area contributed by atoms with Gasteiger partial charge in [0.2, 0.25) is 0 Å². The summed E-state index contributed by atoms with van der Waals surface area (Å²) in [7, 11) is 0.883. The molecular formula is C24H54P4. The lowest BCUT2D eigenvalue weighted by atomic mass is 10.5. The molecule has 4 heteroatoms. The van der Waals surface area contributed by atoms with Crippen LogP contribution in [0.25, 0.3) is 0 Å². The van der Waals surface area contributed by atoms with Gasteiger partial charge >= 0.3 is 0 Å². The van der Waals surface area contributed by atoms with Crippen molar-refractivity contribution < 1.29 is 0 Å². The van der Waals surface area contributed by atoms with Crippen molar-refractivity contribution in [1.82, 2.24) is 0 Å². The Kier molecular flexibility index (Phi) is 16.5. The summed E-state index contributed by atoms with van der Waals surface area (Å²) in [6, 6.07) is 0. The first-order valence-electron chi connectivity index (χ1n) is 11.9. The van der Waals surface area contributed by atoms with Crippen molar-refractivity contribution in [1.29, 1.82) is 0 Å². The molecule has 28 heavy (non-hydrogen) atoms. The van der Waals surface area contributed by atoms with Gasteiger partial charge in [-0.1, -0.05) is 83.1 Å². The quantitative estimate of drug-likeness (QED) is 0.211. The first-order chi connectivity index (χ1) is 12.9. The fourth-order valence-electron chi connectivity index (χ4n) is 4.44. The van der Waals surface area contributed by atoms with Crippen LogP contribution in [0.5, 0.6) is 0 Å². The van der Waals surface area contributed by atoms with Crippen molar-refractivity contribution in [3.63, 3.8) is 0 Å². The Morgan fingerprint density at radius 3 is 0.643 bits per heavy atom. The third-order valence-corrected chi connectivity index (χ3v) is 19.8. The maximum atomic E-state index is 2.47. The van der Waals surface area contributed by atoms with Crippen LogP contribution in [-0.4, -0.2) is 70.9 Å². The second-order valence-electron chi connectivity index (χ2n) is 10.1. The van der Waals surface area contributed by atoms with Crippen LogP contribution >= 0.6 is 31.7 Å². The highest BCUT2D eigenvalue weighted by atomic mass is 31.1. The highest BCUT2D eigenvalue weighted by Crippen LogP contribution is 2.54. The summed E-state index contributed by atoms with van der Waals surface area (Å²) >= 11 is 0. The van der Waals surface area contributed by atoms with Crippen LogP contribution in [0.1, 0.15) is 83.1 Å². The van der Waals surface area contributed by atoms with E-state index in [1.165, 1.54) is 0 Å². The van der Waals surface area contributed by atoms with Gasteiger partial charge in [-0.3, -0.25) is 0 Å². The molecule has 0 spiro atoms. The SMILES string of the molecule is CC(C)P(CCP(CCP(C(C)C)C(C)C)CCP(C(C)C)C(C)C)C(C)C. The Labute approximate surface area is 185 Å². The smallest absolute Gasteiger partial charge is 0.0264 e. The van der Waals surface area contributed by atoms with Crippen molar-refractivity contribution in [3.05, 3.63) is 0 Å². The van der Waals surface area contributed by atoms with Gasteiger partial charge in [0.25, 0.3) is 0 Å². The van der Waals surface area contributed by atoms with E-state index in [2.05, 4.69) is 83.1 Å². The van der Waals surface area contributed by atoms with Gasteiger partial charge in [-0.15, -0.1) is 31.7 Å². The minimum atomic E-state index is 0.214. The van der Waals surface area contributed by atoms with Crippen LogP contribution in [0, 0.1) is 0 Å². The van der Waals surface area contributed by atoms with Gasteiger partial charge in [0, 0.05) is 0 Å². The Balaban J connectivity index is 5.03. The fourth-order valence-corrected chi connectivity index (χ4v) is 18.0. The predicted octanol–water partition coefficient (Wildman–Crippen LogP) is 9.36. The van der Waals surface area contributed by atoms with E-state index >= 15 is 0 Å². The summed E-state index contributed by atoms with van der Waals surface area (Å²) in [5, 5.41) is 0. The van der Waals surface area contributed by atoms with Crippen LogP contribution < -0.4 is 0 Å². The molecular weight excluding hydrogens is 412 g/mol. The van der Waals surface area contributed by atoms with Gasteiger partial charge in [0.1, 0.15) is 0 Å². The van der Waals surface area contributed by atoms with E-state index in [-0.39, 0.29) is 31.7 Å². The lowest BCUT2D eigenvalue weighted by Gasteiger charge is -2.32. The van der Waals surface area contributed by atoms with Crippen molar-refractivity contribution >= 4 is 31.7 Å². The Morgan fingerprint density at radius 1 is 0.321 bits per heavy atom. The van der Waals surface area contributed by atoms with Crippen LogP contribution in [0.4, 0.5) is 0 Å². The zero-order valence-corrected chi connectivity index (χ0v) is 25.1. The van der Waals surface area contributed by atoms with Gasteiger partial charge in [-0.25, -0.2) is 0 Å². The second kappa shape index (κ2) is 15.5. The molecule has 0 saturated carbocycles. The monoisotopic (exact) mass is 466 g/mol. The zero-order chi connectivity index (χ0) is 22.0. The molecule has 0 N–H and O–H groups in total. The van der Waals surface area contributed by atoms with Crippen LogP contribution in [0.15, 0.2) is 0 Å². The maximum absolute atomic E-state index is 2.47. The van der Waals surface area contributed by atoms with E-state index in [1.54, 1.807) is 37.0 Å². The predicted molar refractivity (Wildman–Crippen MR) is 148 cm³/mol. The summed E-state index contributed by atoms with van der Waals surface area (Å²) in [4.78, 5) is 0. The second-order valence-corrected chi connectivity index (χ2v) is 23.4. The van der Waals surface area contributed by atoms with E-state index in [1.807, 2.05) is 0 Å². The van der Waals surface area contributed by atoms with Crippen molar-refractivity contribution in [2.45, 2.75) is 117 Å². The number of hydrogen-bond acceptors (Lipinski definition) is 0. The molecule has 0 heterocycles. The third-order valence-electron chi connectivity index (χ3n) is 6.00. The lowest BCUT2D eigenvalue weighted by molar-refractivity contribution is 0.996. The van der Waals surface area contributed by atoms with E-state index in [0.29, 0.717) is 0 Å². The van der Waals surface area contributed by atoms with E-state index in [9.17, 15) is 0 Å². The standard InChI is InChI=1S/C24H54P4/c1-19(2)26(20(3)4)16-13-25(14-17-27(21(5)6)22(7)8)15-18-28(23(9)10)24(11)12/h19-24H,13-18H2,1-12H3. The summed E-state index contributed by atoms with van der Waals surface area (Å²) in [5.41, 5.74) is 5.41. The average molecular weight is 467 g/mol. The Bertz CT molecular complexity index is 296. The van der Waals surface area contributed by atoms with E-state index in [4.69, 9.17) is 0 Å². The van der Waals surface area contributed by atoms with Gasteiger partial charge < -0.3 is 0 Å². The Hall–Kier alpha value is 1.72. The van der Waals surface area contributed by atoms with Crippen LogP contribution in [0.3, 0.4) is 0 Å². The highest BCUT2D eigenvalue weighted by Gasteiger charge is 2.23. The molecule has 0 aromatic rings. The highest BCUT2D eigenvalue weighted by molar-refractivity contribution is 7.65. The van der Waals surface area contributed by atoms with Crippen LogP contribution in [0.2, 0.25) is 0 Å². The van der Waals surface area contributed by atoms with Gasteiger partial charge in [-0.2, -0.15) is 0 Å². The lowest BCUT2D eigenvalue weighted by Crippen LogP contribution is -2.14. The maximum Gasteiger partial charge on any atom is -0.0264 e. The van der Waals surface area contributed by atoms with E-state index < -0.39 is 0 Å². The molecule has 170 valence electrons. The molecule has 0 aliphatic heterocycles. The van der Waals surface area contributed by atoms with Crippen molar-refractivity contribution in [3.8, 4) is 0 Å². The number of rotatable bonds is 15. The van der Waals surface area contributed by atoms with Gasteiger partial charge in [0.15, 0.2) is 0 Å². The molecule has 0 atom stereocenters. The topological polar surface area (TPSA) is 0 Å². The van der Waals surface area contributed by atoms with Crippen LogP contribution in [-0.2, 0) is 0 Å². The molecule has 0 amide bonds. The molecule has 0 radical (unpaired) electrons. The molecule has 0 aromatic heterocycles. The molecule has 0 unspecified atom stereocenters. The van der Waals surface area contributed by atoms with Crippen molar-refractivity contribution in [2.24, 2.45) is 0 Å². The number of hydrogen-bond donors (Lipinski definition) is 0. The summed E-state index contributed by atoms with van der Waals surface area (Å²) in [5.74, 6) is 0. The van der Waals surface area contributed by atoms with Gasteiger partial charge in [-0.05, 0) is 70.9 Å². The third kappa shape index (κ3) is 11.9. The molecule has 0 aliphatic carbocycles. The van der Waals surface area contributed by atoms with E-state index in [0.717, 1.165) is 34.0 Å². The summed E-state index contributed by atoms with van der Waals surface area (Å²) < 4.78 is 0. The summed E-state index contributed by atoms with van der Waals surface area (Å²) in [6.07, 6.45) is 9.32. The van der Waals surface area contributed by atoms with Gasteiger partial charge in [0.05, 0.1) is 0 Å². The average Bonchev–Trinajstić information content (AvgIpc) is 2.52. The molecule has 0 aliphatic rings. The largest absolute Gasteiger partial charge is 0.106 e. The molecule has 0 rings (SSSR count). The van der Waals surface area contributed by atoms with Crippen molar-refractivity contribution in [2.75, 3.05) is 37.0 Å². The molecule has 0 bridgehead atoms. The Morgan fingerprint density at radius 2 is 0.500 bits per heavy atom.